The Morgan fingerprint density at radius 2 is 2.35 bits per heavy atom. The minimum atomic E-state index is -0.0336. The molecule has 4 nitrogen and oxygen atoms in total. The third kappa shape index (κ3) is 2.60. The lowest BCUT2D eigenvalue weighted by Gasteiger charge is -2.40. The molecule has 3 atom stereocenters. The molecule has 1 aromatic heterocycles. The molecule has 1 N–H and O–H groups in total. The van der Waals surface area contributed by atoms with Crippen molar-refractivity contribution in [1.82, 2.24) is 10.3 Å². The van der Waals surface area contributed by atoms with Crippen molar-refractivity contribution < 1.29 is 9.47 Å². The van der Waals surface area contributed by atoms with E-state index in [0.29, 0.717) is 12.0 Å². The Bertz CT molecular complexity index is 458. The molecule has 0 aliphatic carbocycles. The molecule has 3 heterocycles. The summed E-state index contributed by atoms with van der Waals surface area (Å²) in [5.74, 6) is 0.582. The number of nitrogens with one attached hydrogen (secondary N) is 1. The van der Waals surface area contributed by atoms with Gasteiger partial charge in [-0.25, -0.2) is 0 Å². The van der Waals surface area contributed by atoms with Gasteiger partial charge in [-0.2, -0.15) is 0 Å². The van der Waals surface area contributed by atoms with Crippen LogP contribution < -0.4 is 5.32 Å². The standard InChI is InChI=1S/C16H24N2O2/c1-12-3-6-18-10-14(12)15(17-2)13-4-7-20-16(9-13)5-8-19-11-16/h3,6,10,13,15,17H,4-5,7-9,11H2,1-2H3. The van der Waals surface area contributed by atoms with E-state index in [4.69, 9.17) is 9.47 Å². The number of pyridine rings is 1. The van der Waals surface area contributed by atoms with Crippen LogP contribution in [-0.4, -0.2) is 37.5 Å². The van der Waals surface area contributed by atoms with Crippen LogP contribution in [0.25, 0.3) is 0 Å². The van der Waals surface area contributed by atoms with Gasteiger partial charge in [0, 0.05) is 38.1 Å². The molecule has 1 spiro atoms. The van der Waals surface area contributed by atoms with E-state index in [1.165, 1.54) is 11.1 Å². The number of hydrogen-bond acceptors (Lipinski definition) is 4. The van der Waals surface area contributed by atoms with Crippen LogP contribution in [0, 0.1) is 12.8 Å². The SMILES string of the molecule is CNC(c1cnccc1C)C1CCOC2(CCOC2)C1. The molecule has 2 saturated heterocycles. The van der Waals surface area contributed by atoms with E-state index in [2.05, 4.69) is 23.3 Å². The maximum Gasteiger partial charge on any atom is 0.0940 e. The van der Waals surface area contributed by atoms with E-state index in [1.807, 2.05) is 19.4 Å². The van der Waals surface area contributed by atoms with Crippen molar-refractivity contribution in [3.63, 3.8) is 0 Å². The van der Waals surface area contributed by atoms with E-state index in [9.17, 15) is 0 Å². The normalized spacial score (nSPS) is 31.6. The van der Waals surface area contributed by atoms with Gasteiger partial charge in [-0.15, -0.1) is 0 Å². The third-order valence-electron chi connectivity index (χ3n) is 4.80. The smallest absolute Gasteiger partial charge is 0.0940 e. The highest BCUT2D eigenvalue weighted by Gasteiger charge is 2.43. The van der Waals surface area contributed by atoms with Gasteiger partial charge in [0.05, 0.1) is 12.2 Å². The van der Waals surface area contributed by atoms with E-state index >= 15 is 0 Å². The van der Waals surface area contributed by atoms with Gasteiger partial charge < -0.3 is 14.8 Å². The second kappa shape index (κ2) is 5.80. The Morgan fingerprint density at radius 1 is 1.45 bits per heavy atom. The van der Waals surface area contributed by atoms with E-state index in [1.54, 1.807) is 0 Å². The number of hydrogen-bond donors (Lipinski definition) is 1. The van der Waals surface area contributed by atoms with Crippen LogP contribution in [0.15, 0.2) is 18.5 Å². The molecule has 0 aromatic carbocycles. The second-order valence-electron chi connectivity index (χ2n) is 6.09. The molecule has 0 radical (unpaired) electrons. The van der Waals surface area contributed by atoms with Crippen molar-refractivity contribution in [3.8, 4) is 0 Å². The van der Waals surface area contributed by atoms with Crippen molar-refractivity contribution in [3.05, 3.63) is 29.6 Å². The summed E-state index contributed by atoms with van der Waals surface area (Å²) in [7, 11) is 2.05. The first-order valence-corrected chi connectivity index (χ1v) is 7.54. The zero-order valence-corrected chi connectivity index (χ0v) is 12.4. The molecule has 20 heavy (non-hydrogen) atoms. The predicted molar refractivity (Wildman–Crippen MR) is 77.6 cm³/mol. The van der Waals surface area contributed by atoms with Gasteiger partial charge in [0.15, 0.2) is 0 Å². The van der Waals surface area contributed by atoms with Crippen molar-refractivity contribution in [1.29, 1.82) is 0 Å². The summed E-state index contributed by atoms with van der Waals surface area (Å²) in [6.07, 6.45) is 7.08. The van der Waals surface area contributed by atoms with Crippen molar-refractivity contribution in [2.24, 2.45) is 5.92 Å². The number of nitrogens with zero attached hydrogens (tertiary/aromatic N) is 1. The summed E-state index contributed by atoms with van der Waals surface area (Å²) in [5.41, 5.74) is 2.59. The van der Waals surface area contributed by atoms with Gasteiger partial charge in [0.25, 0.3) is 0 Å². The van der Waals surface area contributed by atoms with E-state index in [-0.39, 0.29) is 5.60 Å². The van der Waals surface area contributed by atoms with Crippen LogP contribution in [0.3, 0.4) is 0 Å². The summed E-state index contributed by atoms with van der Waals surface area (Å²) in [4.78, 5) is 4.30. The molecule has 0 saturated carbocycles. The number of ether oxygens (including phenoxy) is 2. The highest BCUT2D eigenvalue weighted by atomic mass is 16.6. The molecule has 2 aliphatic rings. The van der Waals surface area contributed by atoms with Crippen molar-refractivity contribution in [2.75, 3.05) is 26.9 Å². The molecule has 4 heteroatoms. The topological polar surface area (TPSA) is 43.4 Å². The Balaban J connectivity index is 1.81. The van der Waals surface area contributed by atoms with Crippen LogP contribution in [-0.2, 0) is 9.47 Å². The molecule has 3 unspecified atom stereocenters. The fourth-order valence-corrected chi connectivity index (χ4v) is 3.66. The van der Waals surface area contributed by atoms with Gasteiger partial charge in [0.1, 0.15) is 0 Å². The van der Waals surface area contributed by atoms with Gasteiger partial charge >= 0.3 is 0 Å². The average Bonchev–Trinajstić information content (AvgIpc) is 2.90. The fourth-order valence-electron chi connectivity index (χ4n) is 3.66. The summed E-state index contributed by atoms with van der Waals surface area (Å²) in [6.45, 7) is 4.59. The van der Waals surface area contributed by atoms with Crippen molar-refractivity contribution in [2.45, 2.75) is 37.8 Å². The minimum absolute atomic E-state index is 0.0336. The van der Waals surface area contributed by atoms with Crippen LogP contribution in [0.2, 0.25) is 0 Å². The third-order valence-corrected chi connectivity index (χ3v) is 4.80. The fraction of sp³-hybridized carbons (Fsp3) is 0.688. The summed E-state index contributed by atoms with van der Waals surface area (Å²) >= 11 is 0. The number of rotatable bonds is 3. The highest BCUT2D eigenvalue weighted by Crippen LogP contribution is 2.41. The van der Waals surface area contributed by atoms with Gasteiger partial charge in [0.2, 0.25) is 0 Å². The quantitative estimate of drug-likeness (QED) is 0.919. The lowest BCUT2D eigenvalue weighted by Crippen LogP contribution is -2.43. The van der Waals surface area contributed by atoms with Crippen LogP contribution in [0.5, 0.6) is 0 Å². The molecule has 110 valence electrons. The largest absolute Gasteiger partial charge is 0.378 e. The van der Waals surface area contributed by atoms with Gasteiger partial charge in [-0.05, 0) is 49.9 Å². The molecule has 2 fully saturated rings. The Hall–Kier alpha value is -0.970. The summed E-state index contributed by atoms with van der Waals surface area (Å²) in [5, 5.41) is 3.50. The first-order valence-electron chi connectivity index (χ1n) is 7.54. The van der Waals surface area contributed by atoms with Crippen LogP contribution in [0.1, 0.15) is 36.4 Å². The van der Waals surface area contributed by atoms with E-state index in [0.717, 1.165) is 39.1 Å². The first-order chi connectivity index (χ1) is 9.74. The van der Waals surface area contributed by atoms with Gasteiger partial charge in [-0.1, -0.05) is 0 Å². The molecular weight excluding hydrogens is 252 g/mol. The molecule has 3 rings (SSSR count). The lowest BCUT2D eigenvalue weighted by molar-refractivity contribution is -0.103. The van der Waals surface area contributed by atoms with Gasteiger partial charge in [-0.3, -0.25) is 4.98 Å². The molecule has 2 aliphatic heterocycles. The Labute approximate surface area is 120 Å². The molecule has 1 aromatic rings. The number of aromatic nitrogens is 1. The maximum absolute atomic E-state index is 6.05. The second-order valence-corrected chi connectivity index (χ2v) is 6.09. The van der Waals surface area contributed by atoms with Crippen LogP contribution >= 0.6 is 0 Å². The van der Waals surface area contributed by atoms with E-state index < -0.39 is 0 Å². The first kappa shape index (κ1) is 14.0. The zero-order valence-electron chi connectivity index (χ0n) is 12.4. The Kier molecular flexibility index (Phi) is 4.06. The zero-order chi connectivity index (χ0) is 14.0. The highest BCUT2D eigenvalue weighted by molar-refractivity contribution is 5.26. The van der Waals surface area contributed by atoms with Crippen LogP contribution in [0.4, 0.5) is 0 Å². The summed E-state index contributed by atoms with van der Waals surface area (Å²) < 4.78 is 11.6. The average molecular weight is 276 g/mol. The molecule has 0 amide bonds. The number of aryl methyl sites for hydroxylation is 1. The monoisotopic (exact) mass is 276 g/mol. The van der Waals surface area contributed by atoms with Crippen molar-refractivity contribution >= 4 is 0 Å². The molecular formula is C16H24N2O2. The predicted octanol–water partition coefficient (Wildman–Crippen LogP) is 2.24. The maximum atomic E-state index is 6.05. The Morgan fingerprint density at radius 3 is 3.05 bits per heavy atom. The molecule has 0 bridgehead atoms. The summed E-state index contributed by atoms with van der Waals surface area (Å²) in [6, 6.07) is 2.44. The minimum Gasteiger partial charge on any atom is -0.378 e. The lowest BCUT2D eigenvalue weighted by atomic mass is 9.78.